The fourth-order valence-corrected chi connectivity index (χ4v) is 1.29. The second-order valence-corrected chi connectivity index (χ2v) is 3.17. The number of rotatable bonds is 1. The molecule has 1 aliphatic rings. The molecule has 1 nitrogen and oxygen atoms in total. The normalized spacial score (nSPS) is 28.5. The second-order valence-electron chi connectivity index (χ2n) is 3.17. The predicted octanol–water partition coefficient (Wildman–Crippen LogP) is 2.45. The molecule has 1 fully saturated rings. The van der Waals surface area contributed by atoms with Crippen molar-refractivity contribution >= 4 is 0 Å². The fourth-order valence-electron chi connectivity index (χ4n) is 1.29. The van der Waals surface area contributed by atoms with E-state index in [4.69, 9.17) is 4.74 Å². The summed E-state index contributed by atoms with van der Waals surface area (Å²) >= 11 is 0. The Morgan fingerprint density at radius 1 is 1.18 bits per heavy atom. The SMILES string of the molecule is Cc1ccc([C@H]2O[C@@H]2C)cc1. The van der Waals surface area contributed by atoms with Gasteiger partial charge in [0.15, 0.2) is 0 Å². The quantitative estimate of drug-likeness (QED) is 0.557. The predicted molar refractivity (Wildman–Crippen MR) is 44.5 cm³/mol. The topological polar surface area (TPSA) is 12.5 Å². The van der Waals surface area contributed by atoms with Gasteiger partial charge in [-0.05, 0) is 19.4 Å². The maximum Gasteiger partial charge on any atom is 0.109 e. The van der Waals surface area contributed by atoms with Crippen molar-refractivity contribution in [3.63, 3.8) is 0 Å². The number of epoxide rings is 1. The van der Waals surface area contributed by atoms with E-state index in [-0.39, 0.29) is 0 Å². The molecule has 1 aliphatic heterocycles. The first kappa shape index (κ1) is 6.86. The highest BCUT2D eigenvalue weighted by Gasteiger charge is 2.35. The van der Waals surface area contributed by atoms with Gasteiger partial charge in [0.05, 0.1) is 6.10 Å². The van der Waals surface area contributed by atoms with Crippen LogP contribution in [0, 0.1) is 6.92 Å². The molecule has 0 N–H and O–H groups in total. The van der Waals surface area contributed by atoms with Crippen molar-refractivity contribution in [1.82, 2.24) is 0 Å². The molecule has 1 heteroatoms. The molecule has 1 aromatic rings. The van der Waals surface area contributed by atoms with Crippen LogP contribution in [0.25, 0.3) is 0 Å². The van der Waals surface area contributed by atoms with Gasteiger partial charge >= 0.3 is 0 Å². The van der Waals surface area contributed by atoms with Crippen LogP contribution in [0.3, 0.4) is 0 Å². The van der Waals surface area contributed by atoms with Gasteiger partial charge in [-0.2, -0.15) is 0 Å². The minimum absolute atomic E-state index is 0.371. The van der Waals surface area contributed by atoms with E-state index >= 15 is 0 Å². The lowest BCUT2D eigenvalue weighted by Crippen LogP contribution is -1.82. The summed E-state index contributed by atoms with van der Waals surface area (Å²) in [6.45, 7) is 4.20. The summed E-state index contributed by atoms with van der Waals surface area (Å²) in [6, 6.07) is 8.54. The van der Waals surface area contributed by atoms with E-state index in [9.17, 15) is 0 Å². The Morgan fingerprint density at radius 3 is 2.18 bits per heavy atom. The van der Waals surface area contributed by atoms with Crippen LogP contribution in [0.15, 0.2) is 24.3 Å². The zero-order valence-corrected chi connectivity index (χ0v) is 6.87. The van der Waals surface area contributed by atoms with Gasteiger partial charge in [-0.25, -0.2) is 0 Å². The molecule has 0 spiro atoms. The van der Waals surface area contributed by atoms with E-state index in [1.54, 1.807) is 0 Å². The number of ether oxygens (including phenoxy) is 1. The Morgan fingerprint density at radius 2 is 1.73 bits per heavy atom. The highest BCUT2D eigenvalue weighted by molar-refractivity contribution is 5.26. The third kappa shape index (κ3) is 1.29. The van der Waals surface area contributed by atoms with Crippen molar-refractivity contribution in [3.8, 4) is 0 Å². The van der Waals surface area contributed by atoms with Crippen molar-refractivity contribution in [2.75, 3.05) is 0 Å². The highest BCUT2D eigenvalue weighted by atomic mass is 16.6. The summed E-state index contributed by atoms with van der Waals surface area (Å²) in [5.74, 6) is 0. The van der Waals surface area contributed by atoms with E-state index in [1.165, 1.54) is 11.1 Å². The van der Waals surface area contributed by atoms with Gasteiger partial charge in [0, 0.05) is 0 Å². The average Bonchev–Trinajstić information content (AvgIpc) is 2.69. The summed E-state index contributed by atoms with van der Waals surface area (Å²) in [4.78, 5) is 0. The molecule has 0 amide bonds. The van der Waals surface area contributed by atoms with Gasteiger partial charge in [0.25, 0.3) is 0 Å². The van der Waals surface area contributed by atoms with Gasteiger partial charge in [-0.1, -0.05) is 29.8 Å². The maximum absolute atomic E-state index is 5.34. The standard InChI is InChI=1S/C10H12O/c1-7-3-5-9(6-4-7)10-8(2)11-10/h3-6,8,10H,1-2H3/t8-,10+/m1/s1. The van der Waals surface area contributed by atoms with Crippen LogP contribution in [0.5, 0.6) is 0 Å². The molecule has 1 aromatic carbocycles. The van der Waals surface area contributed by atoms with Crippen LogP contribution in [-0.4, -0.2) is 6.10 Å². The molecule has 2 rings (SSSR count). The maximum atomic E-state index is 5.34. The Labute approximate surface area is 67.0 Å². The summed E-state index contributed by atoms with van der Waals surface area (Å²) in [6.07, 6.45) is 0.799. The fraction of sp³-hybridized carbons (Fsp3) is 0.400. The molecule has 0 unspecified atom stereocenters. The number of benzene rings is 1. The van der Waals surface area contributed by atoms with Crippen molar-refractivity contribution in [2.24, 2.45) is 0 Å². The van der Waals surface area contributed by atoms with E-state index in [0.29, 0.717) is 12.2 Å². The number of hydrogen-bond donors (Lipinski definition) is 0. The summed E-state index contributed by atoms with van der Waals surface area (Å²) in [5.41, 5.74) is 2.62. The molecule has 1 saturated heterocycles. The molecule has 2 atom stereocenters. The summed E-state index contributed by atoms with van der Waals surface area (Å²) in [7, 11) is 0. The van der Waals surface area contributed by atoms with E-state index in [1.807, 2.05) is 0 Å². The van der Waals surface area contributed by atoms with Crippen LogP contribution in [0.4, 0.5) is 0 Å². The molecular formula is C10H12O. The van der Waals surface area contributed by atoms with Crippen molar-refractivity contribution < 1.29 is 4.74 Å². The van der Waals surface area contributed by atoms with E-state index < -0.39 is 0 Å². The molecule has 0 aromatic heterocycles. The van der Waals surface area contributed by atoms with Crippen molar-refractivity contribution in [1.29, 1.82) is 0 Å². The van der Waals surface area contributed by atoms with E-state index in [0.717, 1.165) is 0 Å². The molecular weight excluding hydrogens is 136 g/mol. The smallest absolute Gasteiger partial charge is 0.109 e. The number of hydrogen-bond acceptors (Lipinski definition) is 1. The lowest BCUT2D eigenvalue weighted by atomic mass is 10.1. The zero-order valence-electron chi connectivity index (χ0n) is 6.87. The van der Waals surface area contributed by atoms with Gasteiger partial charge in [-0.15, -0.1) is 0 Å². The molecule has 0 bridgehead atoms. The molecule has 0 aliphatic carbocycles. The third-order valence-corrected chi connectivity index (χ3v) is 2.12. The molecule has 0 saturated carbocycles. The summed E-state index contributed by atoms with van der Waals surface area (Å²) in [5, 5.41) is 0. The Balaban J connectivity index is 2.21. The Hall–Kier alpha value is -0.820. The molecule has 58 valence electrons. The van der Waals surface area contributed by atoms with Crippen LogP contribution < -0.4 is 0 Å². The highest BCUT2D eigenvalue weighted by Crippen LogP contribution is 2.37. The first-order chi connectivity index (χ1) is 5.27. The summed E-state index contributed by atoms with van der Waals surface area (Å²) < 4.78 is 5.34. The lowest BCUT2D eigenvalue weighted by molar-refractivity contribution is 0.383. The minimum Gasteiger partial charge on any atom is -0.365 e. The van der Waals surface area contributed by atoms with Crippen molar-refractivity contribution in [2.45, 2.75) is 26.1 Å². The third-order valence-electron chi connectivity index (χ3n) is 2.12. The Bertz CT molecular complexity index is 250. The first-order valence-electron chi connectivity index (χ1n) is 3.99. The van der Waals surface area contributed by atoms with Crippen LogP contribution in [0.1, 0.15) is 24.2 Å². The van der Waals surface area contributed by atoms with Crippen LogP contribution >= 0.6 is 0 Å². The zero-order chi connectivity index (χ0) is 7.84. The lowest BCUT2D eigenvalue weighted by Gasteiger charge is -1.95. The van der Waals surface area contributed by atoms with Gasteiger partial charge < -0.3 is 4.74 Å². The first-order valence-corrected chi connectivity index (χ1v) is 3.99. The number of aryl methyl sites for hydroxylation is 1. The minimum atomic E-state index is 0.371. The van der Waals surface area contributed by atoms with Crippen molar-refractivity contribution in [3.05, 3.63) is 35.4 Å². The van der Waals surface area contributed by atoms with Crippen LogP contribution in [-0.2, 0) is 4.74 Å². The second kappa shape index (κ2) is 2.35. The van der Waals surface area contributed by atoms with Gasteiger partial charge in [-0.3, -0.25) is 0 Å². The monoisotopic (exact) mass is 148 g/mol. The largest absolute Gasteiger partial charge is 0.365 e. The van der Waals surface area contributed by atoms with Gasteiger partial charge in [0.1, 0.15) is 6.10 Å². The van der Waals surface area contributed by atoms with E-state index in [2.05, 4.69) is 38.1 Å². The molecule has 11 heavy (non-hydrogen) atoms. The molecule has 1 heterocycles. The Kier molecular flexibility index (Phi) is 1.46. The molecule has 0 radical (unpaired) electrons. The van der Waals surface area contributed by atoms with Gasteiger partial charge in [0.2, 0.25) is 0 Å². The average molecular weight is 148 g/mol. The van der Waals surface area contributed by atoms with Crippen LogP contribution in [0.2, 0.25) is 0 Å².